The van der Waals surface area contributed by atoms with Gasteiger partial charge >= 0.3 is 6.18 Å². The van der Waals surface area contributed by atoms with E-state index in [1.807, 2.05) is 0 Å². The van der Waals surface area contributed by atoms with E-state index in [0.717, 1.165) is 12.1 Å². The van der Waals surface area contributed by atoms with Crippen LogP contribution in [-0.2, 0) is 6.18 Å². The summed E-state index contributed by atoms with van der Waals surface area (Å²) in [6.45, 7) is 0. The van der Waals surface area contributed by atoms with Crippen LogP contribution in [0.2, 0.25) is 5.28 Å². The summed E-state index contributed by atoms with van der Waals surface area (Å²) < 4.78 is 46.3. The number of pyridine rings is 1. The summed E-state index contributed by atoms with van der Waals surface area (Å²) in [5.74, 6) is -0.0136. The van der Waals surface area contributed by atoms with E-state index in [9.17, 15) is 13.2 Å². The Kier molecular flexibility index (Phi) is 4.15. The predicted octanol–water partition coefficient (Wildman–Crippen LogP) is 4.65. The molecule has 0 bridgehead atoms. The molecule has 3 aromatic heterocycles. The number of aromatic nitrogens is 5. The molecule has 0 atom stereocenters. The first-order valence-electron chi connectivity index (χ1n) is 7.60. The van der Waals surface area contributed by atoms with Crippen LogP contribution in [0.1, 0.15) is 5.56 Å². The normalized spacial score (nSPS) is 11.7. The molecule has 4 aromatic rings. The molecule has 136 valence electrons. The lowest BCUT2D eigenvalue weighted by molar-refractivity contribution is -0.137. The van der Waals surface area contributed by atoms with Crippen molar-refractivity contribution in [2.75, 3.05) is 0 Å². The van der Waals surface area contributed by atoms with Gasteiger partial charge in [0.15, 0.2) is 5.65 Å². The second kappa shape index (κ2) is 6.51. The lowest BCUT2D eigenvalue weighted by Crippen LogP contribution is -2.05. The predicted molar refractivity (Wildman–Crippen MR) is 90.5 cm³/mol. The first-order valence-corrected chi connectivity index (χ1v) is 7.98. The molecule has 4 rings (SSSR count). The molecule has 0 amide bonds. The van der Waals surface area contributed by atoms with Gasteiger partial charge in [0, 0.05) is 17.8 Å². The van der Waals surface area contributed by atoms with Gasteiger partial charge in [0.1, 0.15) is 5.75 Å². The van der Waals surface area contributed by atoms with Crippen molar-refractivity contribution in [1.29, 1.82) is 0 Å². The van der Waals surface area contributed by atoms with Gasteiger partial charge in [-0.15, -0.1) is 15.3 Å². The van der Waals surface area contributed by atoms with E-state index >= 15 is 0 Å². The molecule has 0 fully saturated rings. The van der Waals surface area contributed by atoms with E-state index in [4.69, 9.17) is 16.3 Å². The molecule has 0 radical (unpaired) electrons. The smallest absolute Gasteiger partial charge is 0.416 e. The van der Waals surface area contributed by atoms with Crippen LogP contribution < -0.4 is 4.74 Å². The molecule has 0 saturated heterocycles. The van der Waals surface area contributed by atoms with Gasteiger partial charge in [-0.05, 0) is 48.0 Å². The van der Waals surface area contributed by atoms with Crippen LogP contribution in [0, 0.1) is 0 Å². The number of fused-ring (bicyclic) bond motifs is 1. The van der Waals surface area contributed by atoms with E-state index in [0.29, 0.717) is 16.9 Å². The Bertz CT molecular complexity index is 1110. The second-order valence-electron chi connectivity index (χ2n) is 5.44. The summed E-state index contributed by atoms with van der Waals surface area (Å²) >= 11 is 5.87. The van der Waals surface area contributed by atoms with E-state index < -0.39 is 11.7 Å². The molecule has 3 heterocycles. The van der Waals surface area contributed by atoms with Gasteiger partial charge in [-0.1, -0.05) is 6.07 Å². The summed E-state index contributed by atoms with van der Waals surface area (Å²) in [7, 11) is 0. The van der Waals surface area contributed by atoms with E-state index in [-0.39, 0.29) is 16.9 Å². The third-order valence-corrected chi connectivity index (χ3v) is 3.90. The van der Waals surface area contributed by atoms with Crippen molar-refractivity contribution in [3.8, 4) is 22.9 Å². The average Bonchev–Trinajstić information content (AvgIpc) is 3.02. The minimum Gasteiger partial charge on any atom is -0.437 e. The maximum absolute atomic E-state index is 13.1. The van der Waals surface area contributed by atoms with Crippen molar-refractivity contribution in [2.24, 2.45) is 0 Å². The SMILES string of the molecule is FC(F)(F)c1ccc(-c2ccccn2)c(Oc2ccc3nnc(Cl)n3n2)c1. The quantitative estimate of drug-likeness (QED) is 0.508. The Labute approximate surface area is 155 Å². The molecule has 27 heavy (non-hydrogen) atoms. The number of rotatable bonds is 3. The molecule has 1 aromatic carbocycles. The van der Waals surface area contributed by atoms with E-state index in [2.05, 4.69) is 20.3 Å². The first kappa shape index (κ1) is 17.2. The number of benzene rings is 1. The zero-order valence-electron chi connectivity index (χ0n) is 13.4. The minimum atomic E-state index is -4.52. The summed E-state index contributed by atoms with van der Waals surface area (Å²) in [5.41, 5.74) is 0.381. The van der Waals surface area contributed by atoms with Crippen LogP contribution in [0.3, 0.4) is 0 Å². The number of alkyl halides is 3. The Morgan fingerprint density at radius 3 is 2.59 bits per heavy atom. The third-order valence-electron chi connectivity index (χ3n) is 3.66. The summed E-state index contributed by atoms with van der Waals surface area (Å²) in [4.78, 5) is 4.17. The lowest BCUT2D eigenvalue weighted by atomic mass is 10.1. The van der Waals surface area contributed by atoms with E-state index in [1.54, 1.807) is 18.2 Å². The fourth-order valence-corrected chi connectivity index (χ4v) is 2.59. The Morgan fingerprint density at radius 2 is 1.85 bits per heavy atom. The van der Waals surface area contributed by atoms with Crippen molar-refractivity contribution in [3.05, 3.63) is 65.6 Å². The highest BCUT2D eigenvalue weighted by Gasteiger charge is 2.31. The Hall–Kier alpha value is -3.20. The standard InChI is InChI=1S/C17H9ClF3N5O/c18-16-24-23-14-6-7-15(25-26(14)16)27-13-9-10(17(19,20)21)4-5-11(13)12-3-1-2-8-22-12/h1-9H. The van der Waals surface area contributed by atoms with Crippen molar-refractivity contribution >= 4 is 17.2 Å². The van der Waals surface area contributed by atoms with Crippen molar-refractivity contribution in [3.63, 3.8) is 0 Å². The zero-order valence-corrected chi connectivity index (χ0v) is 14.1. The molecule has 0 aliphatic heterocycles. The first-order chi connectivity index (χ1) is 12.9. The number of halogens is 4. The molecule has 6 nitrogen and oxygen atoms in total. The molecular formula is C17H9ClF3N5O. The molecule has 0 unspecified atom stereocenters. The number of hydrogen-bond acceptors (Lipinski definition) is 5. The number of nitrogens with zero attached hydrogens (tertiary/aromatic N) is 5. The van der Waals surface area contributed by atoms with Crippen LogP contribution in [0.5, 0.6) is 11.6 Å². The highest BCUT2D eigenvalue weighted by molar-refractivity contribution is 6.28. The number of hydrogen-bond donors (Lipinski definition) is 0. The fraction of sp³-hybridized carbons (Fsp3) is 0.0588. The van der Waals surface area contributed by atoms with Crippen LogP contribution in [0.25, 0.3) is 16.9 Å². The van der Waals surface area contributed by atoms with E-state index in [1.165, 1.54) is 28.9 Å². The van der Waals surface area contributed by atoms with Gasteiger partial charge in [0.25, 0.3) is 0 Å². The molecule has 0 spiro atoms. The highest BCUT2D eigenvalue weighted by Crippen LogP contribution is 2.38. The van der Waals surface area contributed by atoms with Gasteiger partial charge < -0.3 is 4.74 Å². The lowest BCUT2D eigenvalue weighted by Gasteiger charge is -2.14. The monoisotopic (exact) mass is 391 g/mol. The van der Waals surface area contributed by atoms with Crippen LogP contribution >= 0.6 is 11.6 Å². The van der Waals surface area contributed by atoms with Gasteiger partial charge in [-0.3, -0.25) is 4.98 Å². The molecule has 0 N–H and O–H groups in total. The van der Waals surface area contributed by atoms with Crippen molar-refractivity contribution in [1.82, 2.24) is 24.8 Å². The summed E-state index contributed by atoms with van der Waals surface area (Å²) in [6.07, 6.45) is -2.98. The van der Waals surface area contributed by atoms with Crippen LogP contribution in [-0.4, -0.2) is 24.8 Å². The van der Waals surface area contributed by atoms with Gasteiger partial charge in [0.2, 0.25) is 11.2 Å². The number of ether oxygens (including phenoxy) is 1. The van der Waals surface area contributed by atoms with Gasteiger partial charge in [-0.2, -0.15) is 17.7 Å². The summed E-state index contributed by atoms with van der Waals surface area (Å²) in [6, 6.07) is 11.3. The maximum atomic E-state index is 13.1. The molecule has 0 aliphatic carbocycles. The maximum Gasteiger partial charge on any atom is 0.416 e. The largest absolute Gasteiger partial charge is 0.437 e. The second-order valence-corrected chi connectivity index (χ2v) is 5.77. The fourth-order valence-electron chi connectivity index (χ4n) is 2.43. The summed E-state index contributed by atoms with van der Waals surface area (Å²) in [5, 5.41) is 11.5. The van der Waals surface area contributed by atoms with Crippen molar-refractivity contribution in [2.45, 2.75) is 6.18 Å². The molecular weight excluding hydrogens is 383 g/mol. The van der Waals surface area contributed by atoms with Gasteiger partial charge in [0.05, 0.1) is 11.3 Å². The molecule has 10 heteroatoms. The van der Waals surface area contributed by atoms with Crippen LogP contribution in [0.4, 0.5) is 13.2 Å². The molecule has 0 saturated carbocycles. The van der Waals surface area contributed by atoms with Gasteiger partial charge in [-0.25, -0.2) is 0 Å². The highest BCUT2D eigenvalue weighted by atomic mass is 35.5. The topological polar surface area (TPSA) is 65.2 Å². The van der Waals surface area contributed by atoms with Crippen molar-refractivity contribution < 1.29 is 17.9 Å². The average molecular weight is 392 g/mol. The van der Waals surface area contributed by atoms with Crippen LogP contribution in [0.15, 0.2) is 54.7 Å². The molecule has 0 aliphatic rings. The Morgan fingerprint density at radius 1 is 1.00 bits per heavy atom. The zero-order chi connectivity index (χ0) is 19.0. The minimum absolute atomic E-state index is 0.00411. The Balaban J connectivity index is 1.81. The third kappa shape index (κ3) is 3.41.